The van der Waals surface area contributed by atoms with Gasteiger partial charge >= 0.3 is 6.61 Å². The normalized spacial score (nSPS) is 11.0. The lowest BCUT2D eigenvalue weighted by molar-refractivity contribution is -0.0498. The van der Waals surface area contributed by atoms with Gasteiger partial charge in [-0.1, -0.05) is 12.1 Å². The van der Waals surface area contributed by atoms with Gasteiger partial charge in [0.05, 0.1) is 15.2 Å². The lowest BCUT2D eigenvalue weighted by atomic mass is 10.2. The molecule has 1 amide bonds. The van der Waals surface area contributed by atoms with Gasteiger partial charge in [-0.2, -0.15) is 8.78 Å². The van der Waals surface area contributed by atoms with Crippen LogP contribution in [-0.2, 0) is 6.42 Å². The number of benzene rings is 2. The molecule has 7 heteroatoms. The Kier molecular flexibility index (Phi) is 5.55. The predicted octanol–water partition coefficient (Wildman–Crippen LogP) is 4.26. The van der Waals surface area contributed by atoms with Crippen LogP contribution in [0, 0.1) is 0 Å². The Balaban J connectivity index is 1.45. The first-order valence-corrected chi connectivity index (χ1v) is 8.61. The third-order valence-electron chi connectivity index (χ3n) is 3.53. The van der Waals surface area contributed by atoms with E-state index in [4.69, 9.17) is 0 Å². The second-order valence-electron chi connectivity index (χ2n) is 5.34. The summed E-state index contributed by atoms with van der Waals surface area (Å²) in [5, 5.41) is 3.86. The first kappa shape index (κ1) is 17.3. The molecule has 0 atom stereocenters. The van der Waals surface area contributed by atoms with Gasteiger partial charge in [0.1, 0.15) is 5.75 Å². The summed E-state index contributed by atoms with van der Waals surface area (Å²) in [4.78, 5) is 16.6. The number of nitrogens with zero attached hydrogens (tertiary/aromatic N) is 1. The van der Waals surface area contributed by atoms with Gasteiger partial charge in [0, 0.05) is 18.5 Å². The summed E-state index contributed by atoms with van der Waals surface area (Å²) in [6.07, 6.45) is 1.57. The van der Waals surface area contributed by atoms with Crippen LogP contribution in [0.25, 0.3) is 10.2 Å². The monoisotopic (exact) mass is 362 g/mol. The number of para-hydroxylation sites is 1. The van der Waals surface area contributed by atoms with Crippen LogP contribution in [0.4, 0.5) is 8.78 Å². The summed E-state index contributed by atoms with van der Waals surface area (Å²) in [7, 11) is 0. The number of nitrogens with one attached hydrogen (secondary N) is 1. The van der Waals surface area contributed by atoms with E-state index in [1.165, 1.54) is 24.3 Å². The summed E-state index contributed by atoms with van der Waals surface area (Å²) < 4.78 is 29.6. The van der Waals surface area contributed by atoms with Gasteiger partial charge in [-0.05, 0) is 42.8 Å². The molecule has 0 spiro atoms. The molecule has 0 saturated carbocycles. The molecule has 4 nitrogen and oxygen atoms in total. The molecule has 0 aliphatic heterocycles. The van der Waals surface area contributed by atoms with E-state index >= 15 is 0 Å². The van der Waals surface area contributed by atoms with Gasteiger partial charge in [0.25, 0.3) is 5.91 Å². The lowest BCUT2D eigenvalue weighted by Crippen LogP contribution is -2.24. The van der Waals surface area contributed by atoms with Gasteiger partial charge in [-0.15, -0.1) is 11.3 Å². The summed E-state index contributed by atoms with van der Waals surface area (Å²) in [5.74, 6) is -0.213. The SMILES string of the molecule is O=C(NCCCc1nc2ccccc2s1)c1ccc(OC(F)F)cc1. The molecule has 0 unspecified atom stereocenters. The second kappa shape index (κ2) is 8.02. The smallest absolute Gasteiger partial charge is 0.387 e. The molecule has 1 aromatic heterocycles. The molecule has 3 rings (SSSR count). The number of hydrogen-bond acceptors (Lipinski definition) is 4. The topological polar surface area (TPSA) is 51.2 Å². The Morgan fingerprint density at radius 3 is 2.64 bits per heavy atom. The Morgan fingerprint density at radius 2 is 1.92 bits per heavy atom. The quantitative estimate of drug-likeness (QED) is 0.639. The van der Waals surface area contributed by atoms with Crippen molar-refractivity contribution in [3.63, 3.8) is 0 Å². The van der Waals surface area contributed by atoms with Crippen molar-refractivity contribution in [2.24, 2.45) is 0 Å². The van der Waals surface area contributed by atoms with Gasteiger partial charge < -0.3 is 10.1 Å². The van der Waals surface area contributed by atoms with Crippen LogP contribution in [0.3, 0.4) is 0 Å². The van der Waals surface area contributed by atoms with Crippen molar-refractivity contribution in [3.05, 3.63) is 59.1 Å². The third kappa shape index (κ3) is 4.73. The third-order valence-corrected chi connectivity index (χ3v) is 4.63. The lowest BCUT2D eigenvalue weighted by Gasteiger charge is -2.07. The van der Waals surface area contributed by atoms with Gasteiger partial charge in [-0.25, -0.2) is 4.98 Å². The average Bonchev–Trinajstić information content (AvgIpc) is 3.01. The summed E-state index contributed by atoms with van der Waals surface area (Å²) >= 11 is 1.66. The van der Waals surface area contributed by atoms with E-state index in [2.05, 4.69) is 15.0 Å². The first-order chi connectivity index (χ1) is 12.1. The standard InChI is InChI=1S/C18H16F2N2O2S/c19-18(20)24-13-9-7-12(8-10-13)17(23)21-11-3-6-16-22-14-4-1-2-5-15(14)25-16/h1-2,4-5,7-10,18H,3,6,11H2,(H,21,23). The maximum Gasteiger partial charge on any atom is 0.387 e. The van der Waals surface area contributed by atoms with Crippen molar-refractivity contribution in [2.75, 3.05) is 6.54 Å². The molecule has 0 aliphatic rings. The highest BCUT2D eigenvalue weighted by Gasteiger charge is 2.08. The zero-order valence-corrected chi connectivity index (χ0v) is 14.1. The van der Waals surface area contributed by atoms with Gasteiger partial charge in [0.2, 0.25) is 0 Å². The first-order valence-electron chi connectivity index (χ1n) is 7.79. The maximum absolute atomic E-state index is 12.1. The van der Waals surface area contributed by atoms with Crippen molar-refractivity contribution < 1.29 is 18.3 Å². The van der Waals surface area contributed by atoms with E-state index in [1.54, 1.807) is 11.3 Å². The van der Waals surface area contributed by atoms with Crippen LogP contribution < -0.4 is 10.1 Å². The fraction of sp³-hybridized carbons (Fsp3) is 0.222. The molecule has 2 aromatic carbocycles. The predicted molar refractivity (Wildman–Crippen MR) is 93.3 cm³/mol. The fourth-order valence-electron chi connectivity index (χ4n) is 2.36. The Labute approximate surface area is 147 Å². The largest absolute Gasteiger partial charge is 0.435 e. The molecule has 25 heavy (non-hydrogen) atoms. The minimum atomic E-state index is -2.87. The summed E-state index contributed by atoms with van der Waals surface area (Å²) in [6, 6.07) is 13.6. The van der Waals surface area contributed by atoms with Crippen LogP contribution in [0.5, 0.6) is 5.75 Å². The molecule has 0 bridgehead atoms. The molecule has 3 aromatic rings. The second-order valence-corrected chi connectivity index (χ2v) is 6.45. The number of fused-ring (bicyclic) bond motifs is 1. The molecular weight excluding hydrogens is 346 g/mol. The van der Waals surface area contributed by atoms with E-state index in [9.17, 15) is 13.6 Å². The zero-order valence-electron chi connectivity index (χ0n) is 13.2. The number of alkyl halides is 2. The van der Waals surface area contributed by atoms with Crippen LogP contribution in [0.2, 0.25) is 0 Å². The Morgan fingerprint density at radius 1 is 1.16 bits per heavy atom. The molecule has 0 aliphatic carbocycles. The highest BCUT2D eigenvalue weighted by Crippen LogP contribution is 2.22. The highest BCUT2D eigenvalue weighted by atomic mass is 32.1. The molecule has 0 fully saturated rings. The van der Waals surface area contributed by atoms with E-state index in [0.29, 0.717) is 12.1 Å². The number of halogens is 2. The Bertz CT molecular complexity index is 817. The van der Waals surface area contributed by atoms with Crippen LogP contribution in [0.1, 0.15) is 21.8 Å². The number of carbonyl (C=O) groups is 1. The number of ether oxygens (including phenoxy) is 1. The minimum absolute atomic E-state index is 0.0300. The molecule has 1 heterocycles. The van der Waals surface area contributed by atoms with Crippen molar-refractivity contribution >= 4 is 27.5 Å². The van der Waals surface area contributed by atoms with Crippen molar-refractivity contribution in [2.45, 2.75) is 19.5 Å². The van der Waals surface area contributed by atoms with Gasteiger partial charge in [-0.3, -0.25) is 4.79 Å². The van der Waals surface area contributed by atoms with Crippen LogP contribution in [0.15, 0.2) is 48.5 Å². The number of hydrogen-bond donors (Lipinski definition) is 1. The number of rotatable bonds is 7. The number of carbonyl (C=O) groups excluding carboxylic acids is 1. The van der Waals surface area contributed by atoms with Crippen LogP contribution >= 0.6 is 11.3 Å². The number of aromatic nitrogens is 1. The molecule has 130 valence electrons. The number of thiazole rings is 1. The van der Waals surface area contributed by atoms with Gasteiger partial charge in [0.15, 0.2) is 0 Å². The average molecular weight is 362 g/mol. The van der Waals surface area contributed by atoms with E-state index in [0.717, 1.165) is 28.1 Å². The molecular formula is C18H16F2N2O2S. The van der Waals surface area contributed by atoms with E-state index < -0.39 is 6.61 Å². The minimum Gasteiger partial charge on any atom is -0.435 e. The summed E-state index contributed by atoms with van der Waals surface area (Å²) in [6.45, 7) is -2.36. The van der Waals surface area contributed by atoms with Crippen molar-refractivity contribution in [1.82, 2.24) is 10.3 Å². The number of amides is 1. The Hall–Kier alpha value is -2.54. The zero-order chi connectivity index (χ0) is 17.6. The fourth-order valence-corrected chi connectivity index (χ4v) is 3.37. The van der Waals surface area contributed by atoms with Crippen LogP contribution in [-0.4, -0.2) is 24.0 Å². The maximum atomic E-state index is 12.1. The van der Waals surface area contributed by atoms with Crippen molar-refractivity contribution in [3.8, 4) is 5.75 Å². The highest BCUT2D eigenvalue weighted by molar-refractivity contribution is 7.18. The molecule has 0 radical (unpaired) electrons. The van der Waals surface area contributed by atoms with E-state index in [-0.39, 0.29) is 11.7 Å². The summed E-state index contributed by atoms with van der Waals surface area (Å²) in [5.41, 5.74) is 1.40. The van der Waals surface area contributed by atoms with Crippen molar-refractivity contribution in [1.29, 1.82) is 0 Å². The number of aryl methyl sites for hydroxylation is 1. The molecule has 0 saturated heterocycles. The molecule has 1 N–H and O–H groups in total. The van der Waals surface area contributed by atoms with E-state index in [1.807, 2.05) is 24.3 Å².